The van der Waals surface area contributed by atoms with Gasteiger partial charge < -0.3 is 4.90 Å². The Morgan fingerprint density at radius 1 is 0.963 bits per heavy atom. The maximum atomic E-state index is 13.2. The van der Waals surface area contributed by atoms with Gasteiger partial charge in [0.25, 0.3) is 0 Å². The van der Waals surface area contributed by atoms with Crippen molar-refractivity contribution in [2.75, 3.05) is 31.1 Å². The number of sulfonamides is 1. The summed E-state index contributed by atoms with van der Waals surface area (Å²) in [5, 5.41) is 0.968. The summed E-state index contributed by atoms with van der Waals surface area (Å²) in [7, 11) is -3.48. The fourth-order valence-electron chi connectivity index (χ4n) is 3.82. The lowest BCUT2D eigenvalue weighted by Crippen LogP contribution is -2.48. The third-order valence-corrected chi connectivity index (χ3v) is 8.30. The zero-order valence-corrected chi connectivity index (χ0v) is 17.4. The van der Waals surface area contributed by atoms with Crippen molar-refractivity contribution in [3.63, 3.8) is 0 Å². The zero-order chi connectivity index (χ0) is 19.2. The monoisotopic (exact) mass is 401 g/mol. The van der Waals surface area contributed by atoms with Crippen LogP contribution >= 0.6 is 11.3 Å². The third-order valence-electron chi connectivity index (χ3n) is 4.99. The number of nitrogens with zero attached hydrogens (tertiary/aromatic N) is 3. The first-order chi connectivity index (χ1) is 12.9. The summed E-state index contributed by atoms with van der Waals surface area (Å²) in [6.45, 7) is 8.02. The second-order valence-electron chi connectivity index (χ2n) is 7.08. The van der Waals surface area contributed by atoms with Crippen LogP contribution in [-0.2, 0) is 10.0 Å². The Labute approximate surface area is 164 Å². The van der Waals surface area contributed by atoms with Crippen LogP contribution in [0.25, 0.3) is 10.2 Å². The van der Waals surface area contributed by atoms with Crippen molar-refractivity contribution in [2.45, 2.75) is 25.7 Å². The molecule has 1 fully saturated rings. The van der Waals surface area contributed by atoms with Crippen LogP contribution in [-0.4, -0.2) is 43.9 Å². The number of thiazole rings is 1. The van der Waals surface area contributed by atoms with Gasteiger partial charge in [0.2, 0.25) is 10.0 Å². The minimum absolute atomic E-state index is 0.460. The van der Waals surface area contributed by atoms with E-state index in [0.717, 1.165) is 32.0 Å². The average Bonchev–Trinajstić information content (AvgIpc) is 3.05. The van der Waals surface area contributed by atoms with Gasteiger partial charge in [-0.05, 0) is 44.0 Å². The van der Waals surface area contributed by atoms with E-state index in [0.29, 0.717) is 31.1 Å². The van der Waals surface area contributed by atoms with Gasteiger partial charge in [-0.15, -0.1) is 0 Å². The van der Waals surface area contributed by atoms with Crippen molar-refractivity contribution in [2.24, 2.45) is 0 Å². The maximum absolute atomic E-state index is 13.2. The molecular formula is C20H23N3O2S2. The molecule has 3 aromatic rings. The molecule has 142 valence electrons. The second kappa shape index (κ2) is 6.89. The molecule has 4 rings (SSSR count). The summed E-state index contributed by atoms with van der Waals surface area (Å²) in [6, 6.07) is 12.0. The zero-order valence-electron chi connectivity index (χ0n) is 15.8. The lowest BCUT2D eigenvalue weighted by Gasteiger charge is -2.34. The van der Waals surface area contributed by atoms with E-state index in [2.05, 4.69) is 11.0 Å². The normalized spacial score (nSPS) is 16.2. The number of aryl methyl sites for hydroxylation is 3. The molecule has 27 heavy (non-hydrogen) atoms. The largest absolute Gasteiger partial charge is 0.345 e. The van der Waals surface area contributed by atoms with Crippen LogP contribution in [0.1, 0.15) is 16.7 Å². The fourth-order valence-corrected chi connectivity index (χ4v) is 6.67. The van der Waals surface area contributed by atoms with Crippen molar-refractivity contribution in [3.05, 3.63) is 53.1 Å². The summed E-state index contributed by atoms with van der Waals surface area (Å²) in [5.74, 6) is 0. The highest BCUT2D eigenvalue weighted by Crippen LogP contribution is 2.31. The molecule has 0 N–H and O–H groups in total. The number of piperazine rings is 1. The van der Waals surface area contributed by atoms with Crippen molar-refractivity contribution < 1.29 is 8.42 Å². The molecule has 0 radical (unpaired) electrons. The molecule has 0 amide bonds. The maximum Gasteiger partial charge on any atom is 0.243 e. The Balaban J connectivity index is 1.55. The molecule has 7 heteroatoms. The highest BCUT2D eigenvalue weighted by molar-refractivity contribution is 7.89. The lowest BCUT2D eigenvalue weighted by molar-refractivity contribution is 0.384. The van der Waals surface area contributed by atoms with Gasteiger partial charge in [-0.1, -0.05) is 41.2 Å². The van der Waals surface area contributed by atoms with Crippen LogP contribution in [0, 0.1) is 20.8 Å². The summed E-state index contributed by atoms with van der Waals surface area (Å²) >= 11 is 1.66. The lowest BCUT2D eigenvalue weighted by atomic mass is 10.1. The molecule has 1 aliphatic rings. The summed E-state index contributed by atoms with van der Waals surface area (Å²) in [6.07, 6.45) is 0. The molecule has 2 aromatic carbocycles. The van der Waals surface area contributed by atoms with Crippen molar-refractivity contribution in [1.82, 2.24) is 9.29 Å². The molecule has 0 unspecified atom stereocenters. The van der Waals surface area contributed by atoms with Gasteiger partial charge in [0.15, 0.2) is 5.13 Å². The van der Waals surface area contributed by atoms with Crippen molar-refractivity contribution in [1.29, 1.82) is 0 Å². The average molecular weight is 402 g/mol. The first kappa shape index (κ1) is 18.4. The number of hydrogen-bond acceptors (Lipinski definition) is 5. The predicted octanol–water partition coefficient (Wildman–Crippen LogP) is 3.73. The minimum atomic E-state index is -3.48. The Kier molecular flexibility index (Phi) is 4.70. The fraction of sp³-hybridized carbons (Fsp3) is 0.350. The Morgan fingerprint density at radius 3 is 2.22 bits per heavy atom. The van der Waals surface area contributed by atoms with Gasteiger partial charge in [-0.25, -0.2) is 13.4 Å². The van der Waals surface area contributed by atoms with Gasteiger partial charge in [-0.2, -0.15) is 4.31 Å². The van der Waals surface area contributed by atoms with E-state index >= 15 is 0 Å². The molecule has 0 saturated carbocycles. The molecule has 1 saturated heterocycles. The number of hydrogen-bond donors (Lipinski definition) is 0. The molecule has 1 aromatic heterocycles. The summed E-state index contributed by atoms with van der Waals surface area (Å²) < 4.78 is 29.2. The van der Waals surface area contributed by atoms with Gasteiger partial charge in [0.1, 0.15) is 0 Å². The topological polar surface area (TPSA) is 53.5 Å². The van der Waals surface area contributed by atoms with E-state index < -0.39 is 10.0 Å². The third kappa shape index (κ3) is 3.35. The highest BCUT2D eigenvalue weighted by Gasteiger charge is 2.31. The van der Waals surface area contributed by atoms with Crippen LogP contribution in [0.4, 0.5) is 5.13 Å². The number of benzene rings is 2. The van der Waals surface area contributed by atoms with Crippen LogP contribution in [0.5, 0.6) is 0 Å². The van der Waals surface area contributed by atoms with E-state index in [-0.39, 0.29) is 0 Å². The van der Waals surface area contributed by atoms with Crippen LogP contribution in [0.2, 0.25) is 0 Å². The molecule has 0 spiro atoms. The Hall–Kier alpha value is -1.96. The van der Waals surface area contributed by atoms with E-state index in [9.17, 15) is 8.42 Å². The second-order valence-corrected chi connectivity index (χ2v) is 9.97. The smallest absolute Gasteiger partial charge is 0.243 e. The predicted molar refractivity (Wildman–Crippen MR) is 111 cm³/mol. The summed E-state index contributed by atoms with van der Waals surface area (Å²) in [5.41, 5.74) is 3.73. The molecule has 0 aliphatic carbocycles. The number of aromatic nitrogens is 1. The van der Waals surface area contributed by atoms with Crippen molar-refractivity contribution >= 4 is 36.7 Å². The van der Waals surface area contributed by atoms with E-state index in [4.69, 9.17) is 4.98 Å². The standard InChI is InChI=1S/C20H23N3O2S2/c1-14-12-15(2)19(16(3)13-14)27(24,25)23-10-8-22(9-11-23)20-21-17-6-4-5-7-18(17)26-20/h4-7,12-13H,8-11H2,1-3H3. The summed E-state index contributed by atoms with van der Waals surface area (Å²) in [4.78, 5) is 7.34. The van der Waals surface area contributed by atoms with Gasteiger partial charge >= 0.3 is 0 Å². The molecule has 1 aliphatic heterocycles. The van der Waals surface area contributed by atoms with Crippen LogP contribution < -0.4 is 4.90 Å². The number of rotatable bonds is 3. The molecule has 2 heterocycles. The molecule has 0 bridgehead atoms. The Morgan fingerprint density at radius 2 is 1.59 bits per heavy atom. The number of fused-ring (bicyclic) bond motifs is 1. The van der Waals surface area contributed by atoms with Crippen molar-refractivity contribution in [3.8, 4) is 0 Å². The molecule has 5 nitrogen and oxygen atoms in total. The van der Waals surface area contributed by atoms with Crippen LogP contribution in [0.3, 0.4) is 0 Å². The quantitative estimate of drug-likeness (QED) is 0.671. The molecular weight excluding hydrogens is 378 g/mol. The van der Waals surface area contributed by atoms with Gasteiger partial charge in [0, 0.05) is 26.2 Å². The van der Waals surface area contributed by atoms with Crippen LogP contribution in [0.15, 0.2) is 41.3 Å². The highest BCUT2D eigenvalue weighted by atomic mass is 32.2. The first-order valence-corrected chi connectivity index (χ1v) is 11.3. The van der Waals surface area contributed by atoms with Gasteiger partial charge in [-0.3, -0.25) is 0 Å². The first-order valence-electron chi connectivity index (χ1n) is 9.05. The van der Waals surface area contributed by atoms with E-state index in [1.54, 1.807) is 15.6 Å². The minimum Gasteiger partial charge on any atom is -0.345 e. The number of anilines is 1. The van der Waals surface area contributed by atoms with Gasteiger partial charge in [0.05, 0.1) is 15.1 Å². The van der Waals surface area contributed by atoms with E-state index in [1.807, 2.05) is 51.1 Å². The molecule has 0 atom stereocenters. The Bertz CT molecular complexity index is 1040. The van der Waals surface area contributed by atoms with E-state index in [1.165, 1.54) is 0 Å². The number of para-hydroxylation sites is 1. The SMILES string of the molecule is Cc1cc(C)c(S(=O)(=O)N2CCN(c3nc4ccccc4s3)CC2)c(C)c1.